The summed E-state index contributed by atoms with van der Waals surface area (Å²) in [4.78, 5) is 19.8. The lowest BCUT2D eigenvalue weighted by Gasteiger charge is -2.18. The third kappa shape index (κ3) is 14.9. The van der Waals surface area contributed by atoms with E-state index in [1.165, 1.54) is 0 Å². The third-order valence-electron chi connectivity index (χ3n) is 3.37. The van der Waals surface area contributed by atoms with Gasteiger partial charge in [-0.3, -0.25) is 4.79 Å². The summed E-state index contributed by atoms with van der Waals surface area (Å²) in [5.74, 6) is 0.706. The molecule has 0 fully saturated rings. The molecule has 0 rings (SSSR count). The second-order valence-electron chi connectivity index (χ2n) is 5.81. The molecule has 0 spiro atoms. The number of amides is 1. The predicted molar refractivity (Wildman–Crippen MR) is 111 cm³/mol. The summed E-state index contributed by atoms with van der Waals surface area (Å²) in [5, 5.41) is 6.56. The van der Waals surface area contributed by atoms with E-state index in [4.69, 9.17) is 4.74 Å². The quantitative estimate of drug-likeness (QED) is 0.198. The van der Waals surface area contributed by atoms with Gasteiger partial charge in [0.1, 0.15) is 6.54 Å². The number of ether oxygens (including phenoxy) is 1. The normalized spacial score (nSPS) is 11.2. The molecule has 0 saturated heterocycles. The average molecular weight is 457 g/mol. The molecule has 0 aromatic rings. The van der Waals surface area contributed by atoms with Crippen LogP contribution in [0.5, 0.6) is 0 Å². The zero-order chi connectivity index (χ0) is 17.5. The molecule has 0 aromatic heterocycles. The number of nitrogens with one attached hydrogen (secondary N) is 2. The molecule has 1 amide bonds. The molecule has 0 aromatic carbocycles. The zero-order valence-corrected chi connectivity index (χ0v) is 18.3. The maximum Gasteiger partial charge on any atom is 0.243 e. The van der Waals surface area contributed by atoms with Gasteiger partial charge >= 0.3 is 0 Å². The van der Waals surface area contributed by atoms with Gasteiger partial charge in [0.05, 0.1) is 0 Å². The molecule has 0 radical (unpaired) electrons. The maximum absolute atomic E-state index is 11.6. The van der Waals surface area contributed by atoms with Crippen LogP contribution in [0, 0.1) is 0 Å². The number of halogens is 1. The molecule has 0 aliphatic heterocycles. The Balaban J connectivity index is 0. The summed E-state index contributed by atoms with van der Waals surface area (Å²) in [7, 11) is 7.30. The summed E-state index contributed by atoms with van der Waals surface area (Å²) < 4.78 is 5.06. The van der Waals surface area contributed by atoms with Crippen LogP contribution in [-0.4, -0.2) is 89.3 Å². The first-order chi connectivity index (χ1) is 11.0. The van der Waals surface area contributed by atoms with Crippen molar-refractivity contribution in [2.45, 2.75) is 26.2 Å². The van der Waals surface area contributed by atoms with Crippen molar-refractivity contribution in [3.05, 3.63) is 0 Å². The number of methoxy groups -OCH3 is 1. The first-order valence-corrected chi connectivity index (χ1v) is 8.41. The molecular weight excluding hydrogens is 421 g/mol. The van der Waals surface area contributed by atoms with E-state index in [1.807, 2.05) is 0 Å². The number of carbonyl (C=O) groups is 1. The molecular formula is C16H36IN5O2. The monoisotopic (exact) mass is 457 g/mol. The second kappa shape index (κ2) is 17.2. The SMILES string of the molecule is CCCCNC(=NCC(=O)N(C)C)NCCN(C)CCCOC.I. The summed E-state index contributed by atoms with van der Waals surface area (Å²) >= 11 is 0. The van der Waals surface area contributed by atoms with Crippen molar-refractivity contribution in [3.63, 3.8) is 0 Å². The standard InChI is InChI=1S/C16H35N5O2.HI/c1-6-7-9-17-16(19-14-15(22)20(2)3)18-10-12-21(4)11-8-13-23-5;/h6-14H2,1-5H3,(H2,17,18,19);1H. The minimum atomic E-state index is -0.00160. The molecule has 0 aliphatic carbocycles. The molecule has 0 atom stereocenters. The highest BCUT2D eigenvalue weighted by atomic mass is 127. The zero-order valence-electron chi connectivity index (χ0n) is 15.9. The largest absolute Gasteiger partial charge is 0.385 e. The van der Waals surface area contributed by atoms with Crippen LogP contribution in [0.4, 0.5) is 0 Å². The third-order valence-corrected chi connectivity index (χ3v) is 3.37. The van der Waals surface area contributed by atoms with Crippen LogP contribution in [0.3, 0.4) is 0 Å². The molecule has 0 saturated carbocycles. The van der Waals surface area contributed by atoms with Crippen LogP contribution < -0.4 is 10.6 Å². The van der Waals surface area contributed by atoms with Crippen molar-refractivity contribution in [1.29, 1.82) is 0 Å². The van der Waals surface area contributed by atoms with E-state index < -0.39 is 0 Å². The highest BCUT2D eigenvalue weighted by molar-refractivity contribution is 14.0. The van der Waals surface area contributed by atoms with E-state index in [2.05, 4.69) is 34.5 Å². The van der Waals surface area contributed by atoms with E-state index in [1.54, 1.807) is 26.1 Å². The summed E-state index contributed by atoms with van der Waals surface area (Å²) in [6.45, 7) is 6.67. The number of hydrogen-bond acceptors (Lipinski definition) is 4. The van der Waals surface area contributed by atoms with Crippen molar-refractivity contribution in [3.8, 4) is 0 Å². The number of carbonyl (C=O) groups excluding carboxylic acids is 1. The lowest BCUT2D eigenvalue weighted by atomic mass is 10.3. The minimum absolute atomic E-state index is 0. The summed E-state index contributed by atoms with van der Waals surface area (Å²) in [5.41, 5.74) is 0. The Kier molecular flexibility index (Phi) is 18.4. The Hall–Kier alpha value is -0.610. The van der Waals surface area contributed by atoms with Crippen LogP contribution in [0.25, 0.3) is 0 Å². The lowest BCUT2D eigenvalue weighted by molar-refractivity contribution is -0.127. The Labute approximate surface area is 164 Å². The molecule has 0 unspecified atom stereocenters. The minimum Gasteiger partial charge on any atom is -0.385 e. The van der Waals surface area contributed by atoms with Crippen molar-refractivity contribution in [2.24, 2.45) is 4.99 Å². The van der Waals surface area contributed by atoms with Crippen molar-refractivity contribution in [1.82, 2.24) is 20.4 Å². The van der Waals surface area contributed by atoms with Gasteiger partial charge in [0.2, 0.25) is 5.91 Å². The number of nitrogens with zero attached hydrogens (tertiary/aromatic N) is 3. The van der Waals surface area contributed by atoms with Crippen LogP contribution in [0.15, 0.2) is 4.99 Å². The number of rotatable bonds is 12. The fraction of sp³-hybridized carbons (Fsp3) is 0.875. The van der Waals surface area contributed by atoms with Gasteiger partial charge in [-0.05, 0) is 19.9 Å². The average Bonchev–Trinajstić information content (AvgIpc) is 2.52. The molecule has 8 heteroatoms. The van der Waals surface area contributed by atoms with Gasteiger partial charge in [-0.15, -0.1) is 24.0 Å². The molecule has 24 heavy (non-hydrogen) atoms. The van der Waals surface area contributed by atoms with Crippen molar-refractivity contribution >= 4 is 35.8 Å². The number of unbranched alkanes of at least 4 members (excludes halogenated alkanes) is 1. The summed E-state index contributed by atoms with van der Waals surface area (Å²) in [6, 6.07) is 0. The lowest BCUT2D eigenvalue weighted by Crippen LogP contribution is -2.42. The second-order valence-corrected chi connectivity index (χ2v) is 5.81. The van der Waals surface area contributed by atoms with Gasteiger partial charge < -0.3 is 25.2 Å². The van der Waals surface area contributed by atoms with Crippen LogP contribution in [0.2, 0.25) is 0 Å². The van der Waals surface area contributed by atoms with Gasteiger partial charge in [0, 0.05) is 54.0 Å². The van der Waals surface area contributed by atoms with E-state index >= 15 is 0 Å². The van der Waals surface area contributed by atoms with Gasteiger partial charge in [-0.25, -0.2) is 4.99 Å². The van der Waals surface area contributed by atoms with E-state index in [9.17, 15) is 4.79 Å². The van der Waals surface area contributed by atoms with E-state index in [-0.39, 0.29) is 36.4 Å². The number of aliphatic imine (C=N–C) groups is 1. The maximum atomic E-state index is 11.6. The van der Waals surface area contributed by atoms with Crippen LogP contribution in [-0.2, 0) is 9.53 Å². The fourth-order valence-corrected chi connectivity index (χ4v) is 1.80. The van der Waals surface area contributed by atoms with Crippen molar-refractivity contribution < 1.29 is 9.53 Å². The Morgan fingerprint density at radius 1 is 1.08 bits per heavy atom. The van der Waals surface area contributed by atoms with Crippen LogP contribution in [0.1, 0.15) is 26.2 Å². The van der Waals surface area contributed by atoms with Gasteiger partial charge in [0.25, 0.3) is 0 Å². The highest BCUT2D eigenvalue weighted by Gasteiger charge is 2.05. The van der Waals surface area contributed by atoms with Crippen molar-refractivity contribution in [2.75, 3.05) is 67.6 Å². The smallest absolute Gasteiger partial charge is 0.243 e. The molecule has 2 N–H and O–H groups in total. The first-order valence-electron chi connectivity index (χ1n) is 8.41. The first kappa shape index (κ1) is 25.6. The molecule has 0 bridgehead atoms. The van der Waals surface area contributed by atoms with E-state index in [0.29, 0.717) is 5.96 Å². The van der Waals surface area contributed by atoms with Crippen LogP contribution >= 0.6 is 24.0 Å². The Bertz CT molecular complexity index is 340. The fourth-order valence-electron chi connectivity index (χ4n) is 1.80. The van der Waals surface area contributed by atoms with Gasteiger partial charge in [-0.2, -0.15) is 0 Å². The predicted octanol–water partition coefficient (Wildman–Crippen LogP) is 0.996. The topological polar surface area (TPSA) is 69.2 Å². The highest BCUT2D eigenvalue weighted by Crippen LogP contribution is 1.88. The number of hydrogen-bond donors (Lipinski definition) is 2. The van der Waals surface area contributed by atoms with Gasteiger partial charge in [0.15, 0.2) is 5.96 Å². The Morgan fingerprint density at radius 3 is 2.33 bits per heavy atom. The van der Waals surface area contributed by atoms with E-state index in [0.717, 1.165) is 52.0 Å². The molecule has 7 nitrogen and oxygen atoms in total. The number of guanidine groups is 1. The molecule has 0 aliphatic rings. The Morgan fingerprint density at radius 2 is 1.75 bits per heavy atom. The summed E-state index contributed by atoms with van der Waals surface area (Å²) in [6.07, 6.45) is 3.23. The number of likely N-dealkylation sites (N-methyl/N-ethyl adjacent to an activating group) is 2. The molecule has 144 valence electrons. The molecule has 0 heterocycles. The van der Waals surface area contributed by atoms with Gasteiger partial charge in [-0.1, -0.05) is 13.3 Å².